The molecule has 0 bridgehead atoms. The van der Waals surface area contributed by atoms with Gasteiger partial charge in [0.05, 0.1) is 6.54 Å². The number of rotatable bonds is 1. The molecule has 0 unspecified atom stereocenters. The Hall–Kier alpha value is -0.380. The lowest BCUT2D eigenvalue weighted by molar-refractivity contribution is 0.621. The molecule has 0 aromatic heterocycles. The van der Waals surface area contributed by atoms with Crippen molar-refractivity contribution in [2.45, 2.75) is 0 Å². The van der Waals surface area contributed by atoms with Crippen LogP contribution in [0.1, 0.15) is 0 Å². The van der Waals surface area contributed by atoms with E-state index in [1.54, 1.807) is 0 Å². The van der Waals surface area contributed by atoms with E-state index in [2.05, 4.69) is 11.3 Å². The third-order valence-corrected chi connectivity index (χ3v) is 0.590. The van der Waals surface area contributed by atoms with Crippen LogP contribution in [0.3, 0.4) is 0 Å². The van der Waals surface area contributed by atoms with Crippen molar-refractivity contribution in [3.05, 3.63) is 6.92 Å². The van der Waals surface area contributed by atoms with Crippen LogP contribution < -0.4 is 0 Å². The molecule has 0 N–H and O–H groups in total. The lowest BCUT2D eigenvalue weighted by atomic mass is 10.8. The minimum absolute atomic E-state index is 0.0934. The standard InChI is InChI=1S/C2H4NO2S/c1-2-3-6(4)5/h1-2H2. The van der Waals surface area contributed by atoms with Gasteiger partial charge >= 0.3 is 10.5 Å². The Labute approximate surface area is 37.7 Å². The fraction of sp³-hybridized carbons (Fsp3) is 0.500. The minimum Gasteiger partial charge on any atom is -0.172 e. The first-order valence-electron chi connectivity index (χ1n) is 1.33. The van der Waals surface area contributed by atoms with Gasteiger partial charge in [-0.05, 0) is 6.92 Å². The van der Waals surface area contributed by atoms with Crippen molar-refractivity contribution in [1.82, 2.24) is 0 Å². The van der Waals surface area contributed by atoms with Crippen molar-refractivity contribution in [3.8, 4) is 0 Å². The maximum Gasteiger partial charge on any atom is 0.311 e. The van der Waals surface area contributed by atoms with Crippen molar-refractivity contribution >= 4 is 10.5 Å². The topological polar surface area (TPSA) is 46.5 Å². The van der Waals surface area contributed by atoms with Crippen molar-refractivity contribution < 1.29 is 8.42 Å². The Kier molecular flexibility index (Phi) is 2.66. The molecule has 35 valence electrons. The van der Waals surface area contributed by atoms with Crippen LogP contribution in [-0.4, -0.2) is 15.0 Å². The zero-order valence-corrected chi connectivity index (χ0v) is 3.90. The molecule has 0 heterocycles. The van der Waals surface area contributed by atoms with E-state index < -0.39 is 10.5 Å². The quantitative estimate of drug-likeness (QED) is 0.468. The minimum atomic E-state index is -2.25. The molecular formula is C2H4NO2S. The lowest BCUT2D eigenvalue weighted by Gasteiger charge is -1.59. The maximum absolute atomic E-state index is 9.39. The van der Waals surface area contributed by atoms with Crippen LogP contribution in [0.25, 0.3) is 0 Å². The molecule has 0 fully saturated rings. The van der Waals surface area contributed by atoms with Gasteiger partial charge in [-0.3, -0.25) is 0 Å². The Morgan fingerprint density at radius 3 is 2.17 bits per heavy atom. The maximum atomic E-state index is 9.39. The summed E-state index contributed by atoms with van der Waals surface area (Å²) in [6.07, 6.45) is 0. The zero-order chi connectivity index (χ0) is 4.99. The molecule has 0 atom stereocenters. The summed E-state index contributed by atoms with van der Waals surface area (Å²) in [5.74, 6) is 0. The van der Waals surface area contributed by atoms with Crippen LogP contribution in [0.15, 0.2) is 4.36 Å². The Balaban J connectivity index is 3.78. The highest BCUT2D eigenvalue weighted by molar-refractivity contribution is 7.61. The summed E-state index contributed by atoms with van der Waals surface area (Å²) < 4.78 is 21.7. The molecule has 0 aromatic carbocycles. The molecule has 0 saturated heterocycles. The smallest absolute Gasteiger partial charge is 0.172 e. The van der Waals surface area contributed by atoms with Crippen LogP contribution in [0.5, 0.6) is 0 Å². The number of hydrogen-bond donors (Lipinski definition) is 0. The van der Waals surface area contributed by atoms with Crippen molar-refractivity contribution in [3.63, 3.8) is 0 Å². The van der Waals surface area contributed by atoms with Crippen LogP contribution in [0, 0.1) is 6.92 Å². The zero-order valence-electron chi connectivity index (χ0n) is 3.09. The molecule has 0 amide bonds. The van der Waals surface area contributed by atoms with Gasteiger partial charge in [0, 0.05) is 0 Å². The van der Waals surface area contributed by atoms with Gasteiger partial charge < -0.3 is 0 Å². The van der Waals surface area contributed by atoms with E-state index in [1.807, 2.05) is 0 Å². The van der Waals surface area contributed by atoms with Crippen molar-refractivity contribution in [1.29, 1.82) is 0 Å². The molecule has 0 aromatic rings. The first kappa shape index (κ1) is 5.62. The summed E-state index contributed by atoms with van der Waals surface area (Å²) in [5.41, 5.74) is 0. The highest BCUT2D eigenvalue weighted by atomic mass is 32.2. The van der Waals surface area contributed by atoms with Crippen LogP contribution >= 0.6 is 0 Å². The van der Waals surface area contributed by atoms with E-state index in [0.29, 0.717) is 0 Å². The van der Waals surface area contributed by atoms with E-state index in [4.69, 9.17) is 0 Å². The molecule has 6 heavy (non-hydrogen) atoms. The largest absolute Gasteiger partial charge is 0.311 e. The van der Waals surface area contributed by atoms with Gasteiger partial charge in [-0.1, -0.05) is 0 Å². The SMILES string of the molecule is [CH2]CN=S(=O)=O. The lowest BCUT2D eigenvalue weighted by Crippen LogP contribution is -1.62. The van der Waals surface area contributed by atoms with Crippen LogP contribution in [0.2, 0.25) is 0 Å². The highest BCUT2D eigenvalue weighted by Crippen LogP contribution is 1.57. The van der Waals surface area contributed by atoms with Gasteiger partial charge in [0.25, 0.3) is 0 Å². The third-order valence-electron chi connectivity index (χ3n) is 0.197. The van der Waals surface area contributed by atoms with E-state index in [0.717, 1.165) is 0 Å². The van der Waals surface area contributed by atoms with Crippen molar-refractivity contribution in [2.24, 2.45) is 4.36 Å². The normalized spacial score (nSPS) is 7.50. The molecule has 0 rings (SSSR count). The molecule has 0 spiro atoms. The van der Waals surface area contributed by atoms with Gasteiger partial charge in [0.1, 0.15) is 0 Å². The Morgan fingerprint density at radius 1 is 1.67 bits per heavy atom. The predicted octanol–water partition coefficient (Wildman–Crippen LogP) is -0.117. The van der Waals surface area contributed by atoms with Crippen LogP contribution in [-0.2, 0) is 10.5 Å². The molecule has 4 heteroatoms. The first-order valence-corrected chi connectivity index (χ1v) is 2.36. The predicted molar refractivity (Wildman–Crippen MR) is 21.6 cm³/mol. The van der Waals surface area contributed by atoms with Crippen LogP contribution in [0.4, 0.5) is 0 Å². The average molecular weight is 106 g/mol. The number of hydrogen-bond acceptors (Lipinski definition) is 3. The van der Waals surface area contributed by atoms with Gasteiger partial charge in [-0.15, -0.1) is 0 Å². The summed E-state index contributed by atoms with van der Waals surface area (Å²) in [4.78, 5) is 0. The van der Waals surface area contributed by atoms with E-state index in [1.165, 1.54) is 0 Å². The molecule has 0 aliphatic rings. The fourth-order valence-electron chi connectivity index (χ4n) is 0.0745. The molecule has 0 aliphatic heterocycles. The third kappa shape index (κ3) is 3.62. The second-order valence-corrected chi connectivity index (χ2v) is 1.26. The molecule has 0 saturated carbocycles. The Morgan fingerprint density at radius 2 is 2.17 bits per heavy atom. The van der Waals surface area contributed by atoms with Gasteiger partial charge in [-0.2, -0.15) is 12.8 Å². The molecule has 1 radical (unpaired) electrons. The van der Waals surface area contributed by atoms with E-state index >= 15 is 0 Å². The first-order chi connectivity index (χ1) is 2.77. The summed E-state index contributed by atoms with van der Waals surface area (Å²) in [6, 6.07) is 0. The molecule has 3 nitrogen and oxygen atoms in total. The highest BCUT2D eigenvalue weighted by Gasteiger charge is 1.60. The average Bonchev–Trinajstić information content (AvgIpc) is 1.35. The summed E-state index contributed by atoms with van der Waals surface area (Å²) in [5, 5.41) is 0. The second-order valence-electron chi connectivity index (χ2n) is 0.570. The second kappa shape index (κ2) is 2.84. The molecular weight excluding hydrogens is 102 g/mol. The fourth-order valence-corrected chi connectivity index (χ4v) is 0.224. The summed E-state index contributed by atoms with van der Waals surface area (Å²) in [6.45, 7) is 3.26. The monoisotopic (exact) mass is 106 g/mol. The summed E-state index contributed by atoms with van der Waals surface area (Å²) in [7, 11) is -2.25. The summed E-state index contributed by atoms with van der Waals surface area (Å²) >= 11 is 0. The number of nitrogens with zero attached hydrogens (tertiary/aromatic N) is 1. The van der Waals surface area contributed by atoms with Gasteiger partial charge in [-0.25, -0.2) is 0 Å². The van der Waals surface area contributed by atoms with E-state index in [9.17, 15) is 8.42 Å². The van der Waals surface area contributed by atoms with Gasteiger partial charge in [0.2, 0.25) is 0 Å². The molecule has 0 aliphatic carbocycles. The van der Waals surface area contributed by atoms with Gasteiger partial charge in [0.15, 0.2) is 0 Å². The van der Waals surface area contributed by atoms with E-state index in [-0.39, 0.29) is 6.54 Å². The van der Waals surface area contributed by atoms with Crippen molar-refractivity contribution in [2.75, 3.05) is 6.54 Å². The Bertz CT molecular complexity index is 126.